The summed E-state index contributed by atoms with van der Waals surface area (Å²) >= 11 is 0. The molecule has 0 unspecified atom stereocenters. The van der Waals surface area contributed by atoms with E-state index in [2.05, 4.69) is 0 Å². The van der Waals surface area contributed by atoms with E-state index >= 15 is 0 Å². The third-order valence-corrected chi connectivity index (χ3v) is 5.73. The third kappa shape index (κ3) is 1.95. The van der Waals surface area contributed by atoms with Crippen molar-refractivity contribution in [3.63, 3.8) is 0 Å². The van der Waals surface area contributed by atoms with Crippen LogP contribution in [0.15, 0.2) is 23.1 Å². The number of hydrogen-bond acceptors (Lipinski definition) is 3. The standard InChI is InChI=1S/C13H16N2O3S/c1-14-12-5-4-11(8-10(12)9-13(14)16)19(17,18)15-6-2-3-7-15/h4-5,8H,2-3,6-7,9H2,1H3. The minimum Gasteiger partial charge on any atom is -0.315 e. The van der Waals surface area contributed by atoms with E-state index in [-0.39, 0.29) is 12.3 Å². The van der Waals surface area contributed by atoms with Gasteiger partial charge in [-0.05, 0) is 36.6 Å². The molecule has 0 atom stereocenters. The molecule has 1 amide bonds. The summed E-state index contributed by atoms with van der Waals surface area (Å²) < 4.78 is 26.4. The van der Waals surface area contributed by atoms with E-state index in [1.165, 1.54) is 4.31 Å². The van der Waals surface area contributed by atoms with E-state index in [1.54, 1.807) is 30.1 Å². The van der Waals surface area contributed by atoms with Gasteiger partial charge in [0.15, 0.2) is 0 Å². The Balaban J connectivity index is 2.00. The normalized spacial score (nSPS) is 20.1. The van der Waals surface area contributed by atoms with E-state index in [1.807, 2.05) is 0 Å². The predicted molar refractivity (Wildman–Crippen MR) is 71.5 cm³/mol. The summed E-state index contributed by atoms with van der Waals surface area (Å²) in [6.07, 6.45) is 2.13. The topological polar surface area (TPSA) is 57.7 Å². The van der Waals surface area contributed by atoms with Crippen LogP contribution >= 0.6 is 0 Å². The van der Waals surface area contributed by atoms with Gasteiger partial charge >= 0.3 is 0 Å². The van der Waals surface area contributed by atoms with Crippen molar-refractivity contribution >= 4 is 21.6 Å². The van der Waals surface area contributed by atoms with E-state index in [0.29, 0.717) is 18.0 Å². The van der Waals surface area contributed by atoms with Crippen LogP contribution < -0.4 is 4.90 Å². The summed E-state index contributed by atoms with van der Waals surface area (Å²) in [5.41, 5.74) is 1.61. The molecule has 1 aromatic rings. The van der Waals surface area contributed by atoms with E-state index < -0.39 is 10.0 Å². The molecular formula is C13H16N2O3S. The first-order chi connectivity index (χ1) is 9.00. The van der Waals surface area contributed by atoms with Crippen LogP contribution in [0, 0.1) is 0 Å². The molecular weight excluding hydrogens is 264 g/mol. The molecule has 2 aliphatic rings. The van der Waals surface area contributed by atoms with Crippen LogP contribution in [0.2, 0.25) is 0 Å². The minimum atomic E-state index is -3.39. The fourth-order valence-corrected chi connectivity index (χ4v) is 4.25. The lowest BCUT2D eigenvalue weighted by Crippen LogP contribution is -2.27. The van der Waals surface area contributed by atoms with Gasteiger partial charge in [0.05, 0.1) is 11.3 Å². The molecule has 0 bridgehead atoms. The highest BCUT2D eigenvalue weighted by Gasteiger charge is 2.30. The average Bonchev–Trinajstić information content (AvgIpc) is 2.99. The van der Waals surface area contributed by atoms with Crippen LogP contribution in [0.1, 0.15) is 18.4 Å². The summed E-state index contributed by atoms with van der Waals surface area (Å²) in [4.78, 5) is 13.5. The first kappa shape index (κ1) is 12.6. The zero-order chi connectivity index (χ0) is 13.6. The largest absolute Gasteiger partial charge is 0.315 e. The highest BCUT2D eigenvalue weighted by Crippen LogP contribution is 2.31. The number of sulfonamides is 1. The Labute approximate surface area is 112 Å². The van der Waals surface area contributed by atoms with Crippen molar-refractivity contribution in [2.45, 2.75) is 24.2 Å². The molecule has 3 rings (SSSR count). The van der Waals surface area contributed by atoms with Crippen LogP contribution in [-0.4, -0.2) is 38.8 Å². The highest BCUT2D eigenvalue weighted by atomic mass is 32.2. The van der Waals surface area contributed by atoms with E-state index in [4.69, 9.17) is 0 Å². The van der Waals surface area contributed by atoms with Crippen molar-refractivity contribution in [1.82, 2.24) is 4.31 Å². The van der Waals surface area contributed by atoms with Crippen molar-refractivity contribution in [1.29, 1.82) is 0 Å². The zero-order valence-corrected chi connectivity index (χ0v) is 11.6. The average molecular weight is 280 g/mol. The lowest BCUT2D eigenvalue weighted by atomic mass is 10.2. The van der Waals surface area contributed by atoms with Crippen molar-refractivity contribution in [3.8, 4) is 0 Å². The maximum Gasteiger partial charge on any atom is 0.243 e. The van der Waals surface area contributed by atoms with Crippen LogP contribution in [0.25, 0.3) is 0 Å². The van der Waals surface area contributed by atoms with Gasteiger partial charge in [-0.1, -0.05) is 0 Å². The molecule has 1 fully saturated rings. The summed E-state index contributed by atoms with van der Waals surface area (Å²) in [6.45, 7) is 1.19. The molecule has 0 aromatic heterocycles. The number of benzene rings is 1. The van der Waals surface area contributed by atoms with Gasteiger partial charge in [-0.25, -0.2) is 8.42 Å². The molecule has 102 valence electrons. The molecule has 19 heavy (non-hydrogen) atoms. The number of hydrogen-bond donors (Lipinski definition) is 0. The Morgan fingerprint density at radius 3 is 2.53 bits per heavy atom. The van der Waals surface area contributed by atoms with Crippen molar-refractivity contribution in [3.05, 3.63) is 23.8 Å². The summed E-state index contributed by atoms with van der Waals surface area (Å²) in [5.74, 6) is 0.00530. The maximum absolute atomic E-state index is 12.4. The minimum absolute atomic E-state index is 0.00530. The number of amides is 1. The molecule has 1 aromatic carbocycles. The third-order valence-electron chi connectivity index (χ3n) is 3.83. The second-order valence-electron chi connectivity index (χ2n) is 5.03. The Bertz CT molecular complexity index is 633. The molecule has 2 aliphatic heterocycles. The number of rotatable bonds is 2. The quantitative estimate of drug-likeness (QED) is 0.811. The Morgan fingerprint density at radius 1 is 1.16 bits per heavy atom. The summed E-state index contributed by atoms with van der Waals surface area (Å²) in [7, 11) is -1.68. The summed E-state index contributed by atoms with van der Waals surface area (Å²) in [5, 5.41) is 0. The molecule has 0 radical (unpaired) electrons. The van der Waals surface area contributed by atoms with Gasteiger partial charge in [0.1, 0.15) is 0 Å². The zero-order valence-electron chi connectivity index (χ0n) is 10.8. The highest BCUT2D eigenvalue weighted by molar-refractivity contribution is 7.89. The van der Waals surface area contributed by atoms with Crippen LogP contribution in [0.4, 0.5) is 5.69 Å². The monoisotopic (exact) mass is 280 g/mol. The predicted octanol–water partition coefficient (Wildman–Crippen LogP) is 0.990. The molecule has 6 heteroatoms. The van der Waals surface area contributed by atoms with Crippen molar-refractivity contribution in [2.75, 3.05) is 25.0 Å². The number of nitrogens with zero attached hydrogens (tertiary/aromatic N) is 2. The first-order valence-corrected chi connectivity index (χ1v) is 7.84. The fraction of sp³-hybridized carbons (Fsp3) is 0.462. The Kier molecular flexibility index (Phi) is 2.87. The Morgan fingerprint density at radius 2 is 1.84 bits per heavy atom. The molecule has 0 aliphatic carbocycles. The van der Waals surface area contributed by atoms with Crippen LogP contribution in [-0.2, 0) is 21.2 Å². The lowest BCUT2D eigenvalue weighted by molar-refractivity contribution is -0.117. The number of likely N-dealkylation sites (N-methyl/N-ethyl adjacent to an activating group) is 1. The van der Waals surface area contributed by atoms with Crippen LogP contribution in [0.5, 0.6) is 0 Å². The number of carbonyl (C=O) groups excluding carboxylic acids is 1. The van der Waals surface area contributed by atoms with Gasteiger partial charge < -0.3 is 4.90 Å². The molecule has 2 heterocycles. The van der Waals surface area contributed by atoms with E-state index in [9.17, 15) is 13.2 Å². The van der Waals surface area contributed by atoms with Gasteiger partial charge in [-0.2, -0.15) is 4.31 Å². The van der Waals surface area contributed by atoms with Crippen molar-refractivity contribution in [2.24, 2.45) is 0 Å². The van der Waals surface area contributed by atoms with Gasteiger partial charge in [0.25, 0.3) is 0 Å². The first-order valence-electron chi connectivity index (χ1n) is 6.40. The second-order valence-corrected chi connectivity index (χ2v) is 6.97. The molecule has 0 saturated carbocycles. The molecule has 1 saturated heterocycles. The Hall–Kier alpha value is -1.40. The molecule has 0 N–H and O–H groups in total. The van der Waals surface area contributed by atoms with Gasteiger partial charge in [-0.15, -0.1) is 0 Å². The number of fused-ring (bicyclic) bond motifs is 1. The number of carbonyl (C=O) groups is 1. The maximum atomic E-state index is 12.4. The lowest BCUT2D eigenvalue weighted by Gasteiger charge is -2.16. The smallest absolute Gasteiger partial charge is 0.243 e. The fourth-order valence-electron chi connectivity index (χ4n) is 2.68. The van der Waals surface area contributed by atoms with Crippen molar-refractivity contribution < 1.29 is 13.2 Å². The SMILES string of the molecule is CN1C(=O)Cc2cc(S(=O)(=O)N3CCCC3)ccc21. The molecule has 0 spiro atoms. The second kappa shape index (κ2) is 4.31. The van der Waals surface area contributed by atoms with E-state index in [0.717, 1.165) is 24.1 Å². The number of anilines is 1. The van der Waals surface area contributed by atoms with Gasteiger partial charge in [0, 0.05) is 25.8 Å². The molecule has 5 nitrogen and oxygen atoms in total. The van der Waals surface area contributed by atoms with Gasteiger partial charge in [-0.3, -0.25) is 4.79 Å². The summed E-state index contributed by atoms with van der Waals surface area (Å²) in [6, 6.07) is 4.97. The van der Waals surface area contributed by atoms with Crippen LogP contribution in [0.3, 0.4) is 0 Å². The van der Waals surface area contributed by atoms with Gasteiger partial charge in [0.2, 0.25) is 15.9 Å².